The third-order valence-electron chi connectivity index (χ3n) is 4.60. The Morgan fingerprint density at radius 3 is 2.48 bits per heavy atom. The summed E-state index contributed by atoms with van der Waals surface area (Å²) in [6.07, 6.45) is 1.41. The normalized spacial score (nSPS) is 11.4. The molecule has 0 saturated carbocycles. The van der Waals surface area contributed by atoms with E-state index in [1.807, 2.05) is 67.6 Å². The van der Waals surface area contributed by atoms with Crippen LogP contribution in [0.3, 0.4) is 0 Å². The molecule has 0 aliphatic carbocycles. The summed E-state index contributed by atoms with van der Waals surface area (Å²) >= 11 is 0. The second-order valence-electron chi connectivity index (χ2n) is 6.63. The van der Waals surface area contributed by atoms with Crippen LogP contribution >= 0.6 is 0 Å². The molecule has 0 radical (unpaired) electrons. The quantitative estimate of drug-likeness (QED) is 0.283. The summed E-state index contributed by atoms with van der Waals surface area (Å²) in [5.41, 5.74) is 6.18. The third-order valence-corrected chi connectivity index (χ3v) is 4.60. The Bertz CT molecular complexity index is 1230. The smallest absolute Gasteiger partial charge is 0.336 e. The van der Waals surface area contributed by atoms with E-state index in [1.165, 1.54) is 12.3 Å². The van der Waals surface area contributed by atoms with Crippen LogP contribution in [0.15, 0.2) is 94.3 Å². The molecule has 3 aromatic carbocycles. The predicted molar refractivity (Wildman–Crippen MR) is 113 cm³/mol. The van der Waals surface area contributed by atoms with Crippen molar-refractivity contribution in [3.05, 3.63) is 107 Å². The molecule has 0 aliphatic rings. The molecule has 1 heterocycles. The second kappa shape index (κ2) is 8.04. The predicted octanol–water partition coefficient (Wildman–Crippen LogP) is 5.12. The highest BCUT2D eigenvalue weighted by Crippen LogP contribution is 2.29. The average Bonchev–Trinajstić information content (AvgIpc) is 2.75. The lowest BCUT2D eigenvalue weighted by molar-refractivity contribution is 0.222. The number of aryl methyl sites for hydroxylation is 1. The van der Waals surface area contributed by atoms with Crippen LogP contribution in [0.2, 0.25) is 0 Å². The number of rotatable bonds is 5. The molecule has 29 heavy (non-hydrogen) atoms. The van der Waals surface area contributed by atoms with Crippen LogP contribution in [-0.4, -0.2) is 5.21 Å². The number of benzene rings is 3. The molecule has 0 atom stereocenters. The first-order valence-electron chi connectivity index (χ1n) is 9.11. The maximum absolute atomic E-state index is 12.1. The Hall–Kier alpha value is -3.83. The van der Waals surface area contributed by atoms with Gasteiger partial charge >= 0.3 is 5.63 Å². The first-order valence-corrected chi connectivity index (χ1v) is 9.11. The van der Waals surface area contributed by atoms with E-state index in [4.69, 9.17) is 9.15 Å². The van der Waals surface area contributed by atoms with Gasteiger partial charge in [-0.15, -0.1) is 0 Å². The van der Waals surface area contributed by atoms with Crippen LogP contribution in [0, 0.1) is 6.92 Å². The van der Waals surface area contributed by atoms with Crippen molar-refractivity contribution in [1.29, 1.82) is 0 Å². The van der Waals surface area contributed by atoms with Gasteiger partial charge in [0.15, 0.2) is 0 Å². The molecule has 1 aromatic heterocycles. The molecule has 4 aromatic rings. The number of nitrogens with one attached hydrogen (secondary N) is 1. The molecule has 144 valence electrons. The summed E-state index contributed by atoms with van der Waals surface area (Å²) in [5, 5.41) is 10.3. The Balaban J connectivity index is 1.69. The summed E-state index contributed by atoms with van der Waals surface area (Å²) < 4.78 is 11.1. The number of hydroxylamine groups is 1. The fourth-order valence-electron chi connectivity index (χ4n) is 3.09. The van der Waals surface area contributed by atoms with Gasteiger partial charge in [-0.2, -0.15) is 0 Å². The summed E-state index contributed by atoms with van der Waals surface area (Å²) in [6.45, 7) is 1.99. The number of ether oxygens (including phenoxy) is 1. The maximum Gasteiger partial charge on any atom is 0.336 e. The summed E-state index contributed by atoms with van der Waals surface area (Å²) in [6, 6.07) is 24.1. The van der Waals surface area contributed by atoms with Crippen LogP contribution in [0.4, 0.5) is 0 Å². The van der Waals surface area contributed by atoms with E-state index >= 15 is 0 Å². The van der Waals surface area contributed by atoms with E-state index in [2.05, 4.69) is 5.48 Å². The van der Waals surface area contributed by atoms with Crippen LogP contribution < -0.4 is 15.8 Å². The monoisotopic (exact) mass is 385 g/mol. The number of hydrogen-bond acceptors (Lipinski definition) is 5. The van der Waals surface area contributed by atoms with Gasteiger partial charge in [0.05, 0.1) is 0 Å². The second-order valence-corrected chi connectivity index (χ2v) is 6.63. The van der Waals surface area contributed by atoms with Crippen molar-refractivity contribution < 1.29 is 14.4 Å². The van der Waals surface area contributed by atoms with Gasteiger partial charge in [-0.1, -0.05) is 60.2 Å². The van der Waals surface area contributed by atoms with Gasteiger partial charge in [-0.3, -0.25) is 10.7 Å². The standard InChI is InChI=1S/C24H19NO4/c1-16-7-9-18(10-8-16)22(25-27)15-28-19-11-12-20-21(17-5-3-2-4-6-17)14-24(26)29-23(20)13-19/h2-15,25,27H,1H3/b22-15-. The molecule has 0 aliphatic heterocycles. The number of hydrogen-bond donors (Lipinski definition) is 2. The van der Waals surface area contributed by atoms with Gasteiger partial charge in [-0.05, 0) is 30.2 Å². The maximum atomic E-state index is 12.1. The molecule has 0 bridgehead atoms. The zero-order valence-electron chi connectivity index (χ0n) is 15.8. The van der Waals surface area contributed by atoms with Gasteiger partial charge in [-0.25, -0.2) is 4.79 Å². The lowest BCUT2D eigenvalue weighted by Crippen LogP contribution is -2.07. The molecule has 5 heteroatoms. The molecule has 0 unspecified atom stereocenters. The fourth-order valence-corrected chi connectivity index (χ4v) is 3.09. The summed E-state index contributed by atoms with van der Waals surface area (Å²) in [4.78, 5) is 12.1. The molecule has 0 fully saturated rings. The van der Waals surface area contributed by atoms with Crippen LogP contribution in [0.25, 0.3) is 27.8 Å². The zero-order chi connectivity index (χ0) is 20.2. The average molecular weight is 385 g/mol. The van der Waals surface area contributed by atoms with E-state index < -0.39 is 5.63 Å². The minimum absolute atomic E-state index is 0.407. The van der Waals surface area contributed by atoms with Crippen LogP contribution in [-0.2, 0) is 0 Å². The van der Waals surface area contributed by atoms with Crippen molar-refractivity contribution in [2.75, 3.05) is 0 Å². The van der Waals surface area contributed by atoms with Crippen molar-refractivity contribution in [1.82, 2.24) is 5.48 Å². The zero-order valence-corrected chi connectivity index (χ0v) is 15.8. The molecule has 0 saturated heterocycles. The Labute approximate surface area is 167 Å². The molecule has 4 rings (SSSR count). The Kier molecular flexibility index (Phi) is 5.14. The van der Waals surface area contributed by atoms with Gasteiger partial charge in [0.25, 0.3) is 0 Å². The highest BCUT2D eigenvalue weighted by Gasteiger charge is 2.09. The molecule has 5 nitrogen and oxygen atoms in total. The van der Waals surface area contributed by atoms with Crippen molar-refractivity contribution >= 4 is 16.7 Å². The first-order chi connectivity index (χ1) is 14.1. The lowest BCUT2D eigenvalue weighted by Gasteiger charge is -2.09. The summed E-state index contributed by atoms with van der Waals surface area (Å²) in [5.74, 6) is 0.478. The molecular formula is C24H19NO4. The van der Waals surface area contributed by atoms with E-state index in [0.29, 0.717) is 17.0 Å². The van der Waals surface area contributed by atoms with E-state index in [1.54, 1.807) is 12.1 Å². The Morgan fingerprint density at radius 1 is 1.00 bits per heavy atom. The fraction of sp³-hybridized carbons (Fsp3) is 0.0417. The largest absolute Gasteiger partial charge is 0.463 e. The minimum Gasteiger partial charge on any atom is -0.463 e. The molecular weight excluding hydrogens is 366 g/mol. The summed E-state index contributed by atoms with van der Waals surface area (Å²) in [7, 11) is 0. The topological polar surface area (TPSA) is 71.7 Å². The third kappa shape index (κ3) is 4.05. The van der Waals surface area contributed by atoms with Gasteiger partial charge in [0.1, 0.15) is 23.3 Å². The molecule has 0 spiro atoms. The van der Waals surface area contributed by atoms with E-state index in [0.717, 1.165) is 27.6 Å². The van der Waals surface area contributed by atoms with Crippen LogP contribution in [0.5, 0.6) is 5.75 Å². The highest BCUT2D eigenvalue weighted by atomic mass is 16.5. The van der Waals surface area contributed by atoms with Crippen LogP contribution in [0.1, 0.15) is 11.1 Å². The van der Waals surface area contributed by atoms with E-state index in [9.17, 15) is 10.0 Å². The Morgan fingerprint density at radius 2 is 1.76 bits per heavy atom. The lowest BCUT2D eigenvalue weighted by atomic mass is 10.0. The minimum atomic E-state index is -0.429. The van der Waals surface area contributed by atoms with Gasteiger partial charge < -0.3 is 9.15 Å². The number of fused-ring (bicyclic) bond motifs is 1. The van der Waals surface area contributed by atoms with Crippen molar-refractivity contribution in [2.45, 2.75) is 6.92 Å². The molecule has 0 amide bonds. The van der Waals surface area contributed by atoms with E-state index in [-0.39, 0.29) is 0 Å². The molecule has 2 N–H and O–H groups in total. The highest BCUT2D eigenvalue weighted by molar-refractivity contribution is 5.93. The van der Waals surface area contributed by atoms with Gasteiger partial charge in [0, 0.05) is 23.1 Å². The van der Waals surface area contributed by atoms with Crippen molar-refractivity contribution in [3.8, 4) is 16.9 Å². The first kappa shape index (κ1) is 18.5. The van der Waals surface area contributed by atoms with Crippen molar-refractivity contribution in [2.24, 2.45) is 0 Å². The SMILES string of the molecule is Cc1ccc(/C(=C/Oc2ccc3c(-c4ccccc4)cc(=O)oc3c2)NO)cc1. The van der Waals surface area contributed by atoms with Crippen molar-refractivity contribution in [3.63, 3.8) is 0 Å². The van der Waals surface area contributed by atoms with Gasteiger partial charge in [0.2, 0.25) is 0 Å².